The molecule has 41 heavy (non-hydrogen) atoms. The summed E-state index contributed by atoms with van der Waals surface area (Å²) in [5.74, 6) is -0.108. The number of carbonyl (C=O) groups excluding carboxylic acids is 3. The van der Waals surface area contributed by atoms with Gasteiger partial charge in [-0.25, -0.2) is 9.97 Å². The predicted octanol–water partition coefficient (Wildman–Crippen LogP) is 5.83. The highest BCUT2D eigenvalue weighted by atomic mass is 32.1. The zero-order valence-electron chi connectivity index (χ0n) is 24.6. The number of likely N-dealkylation sites (tertiary alicyclic amines) is 1. The number of para-hydroxylation sites is 1. The maximum atomic E-state index is 14.1. The molecule has 1 saturated carbocycles. The number of hydrogen-bond donors (Lipinski definition) is 1. The van der Waals surface area contributed by atoms with Crippen LogP contribution in [0.4, 0.5) is 0 Å². The van der Waals surface area contributed by atoms with Crippen LogP contribution in [0.5, 0.6) is 0 Å². The number of hydrogen-bond acceptors (Lipinski definition) is 6. The first-order valence-corrected chi connectivity index (χ1v) is 15.8. The molecule has 1 aromatic carbocycles. The SMILES string of the molecule is CC[C@@H](C)C(=O)N[C@H](C(=O)N1CCC[C@H]1c1nc(-c2cc(C(=O)N(C)C)nc3ccccc23)cs1)C1CCCCC1. The molecular formula is C32H41N5O3S. The Hall–Kier alpha value is -3.33. The van der Waals surface area contributed by atoms with E-state index in [4.69, 9.17) is 4.98 Å². The Kier molecular flexibility index (Phi) is 9.02. The van der Waals surface area contributed by atoms with Crippen LogP contribution in [0.25, 0.3) is 22.2 Å². The molecule has 5 rings (SSSR count). The van der Waals surface area contributed by atoms with Crippen LogP contribution >= 0.6 is 11.3 Å². The van der Waals surface area contributed by atoms with Crippen molar-refractivity contribution in [3.05, 3.63) is 46.4 Å². The smallest absolute Gasteiger partial charge is 0.271 e. The molecule has 1 aliphatic carbocycles. The van der Waals surface area contributed by atoms with E-state index >= 15 is 0 Å². The van der Waals surface area contributed by atoms with Crippen LogP contribution in [0.3, 0.4) is 0 Å². The summed E-state index contributed by atoms with van der Waals surface area (Å²) in [7, 11) is 3.44. The van der Waals surface area contributed by atoms with E-state index in [1.54, 1.807) is 25.4 Å². The third-order valence-electron chi connectivity index (χ3n) is 8.71. The van der Waals surface area contributed by atoms with E-state index < -0.39 is 6.04 Å². The van der Waals surface area contributed by atoms with Gasteiger partial charge in [0.15, 0.2) is 0 Å². The molecule has 1 N–H and O–H groups in total. The summed E-state index contributed by atoms with van der Waals surface area (Å²) in [6.45, 7) is 4.60. The number of fused-ring (bicyclic) bond motifs is 1. The Labute approximate surface area is 246 Å². The van der Waals surface area contributed by atoms with Gasteiger partial charge in [0, 0.05) is 42.9 Å². The lowest BCUT2D eigenvalue weighted by Crippen LogP contribution is -2.53. The van der Waals surface area contributed by atoms with Crippen molar-refractivity contribution in [1.29, 1.82) is 0 Å². The molecule has 0 radical (unpaired) electrons. The Morgan fingerprint density at radius 1 is 1.07 bits per heavy atom. The molecule has 2 aliphatic rings. The van der Waals surface area contributed by atoms with Crippen molar-refractivity contribution in [1.82, 2.24) is 25.1 Å². The minimum Gasteiger partial charge on any atom is -0.344 e. The number of benzene rings is 1. The Morgan fingerprint density at radius 3 is 2.56 bits per heavy atom. The molecule has 3 heterocycles. The second kappa shape index (κ2) is 12.7. The Morgan fingerprint density at radius 2 is 1.83 bits per heavy atom. The molecule has 2 fully saturated rings. The number of nitrogens with one attached hydrogen (secondary N) is 1. The summed E-state index contributed by atoms with van der Waals surface area (Å²) < 4.78 is 0. The molecule has 0 unspecified atom stereocenters. The molecule has 9 heteroatoms. The molecule has 3 atom stereocenters. The number of rotatable bonds is 8. The van der Waals surface area contributed by atoms with Crippen LogP contribution in [0, 0.1) is 11.8 Å². The lowest BCUT2D eigenvalue weighted by atomic mass is 9.83. The van der Waals surface area contributed by atoms with Gasteiger partial charge in [0.1, 0.15) is 16.7 Å². The minimum atomic E-state index is -0.486. The molecule has 3 aromatic rings. The van der Waals surface area contributed by atoms with Crippen molar-refractivity contribution < 1.29 is 14.4 Å². The number of amides is 3. The van der Waals surface area contributed by atoms with Crippen molar-refractivity contribution >= 4 is 40.0 Å². The molecule has 2 aromatic heterocycles. The van der Waals surface area contributed by atoms with E-state index in [0.717, 1.165) is 72.1 Å². The van der Waals surface area contributed by atoms with Gasteiger partial charge in [-0.15, -0.1) is 11.3 Å². The number of carbonyl (C=O) groups is 3. The van der Waals surface area contributed by atoms with Crippen molar-refractivity contribution in [3.8, 4) is 11.3 Å². The Bertz CT molecular complexity index is 1410. The Balaban J connectivity index is 1.44. The zero-order valence-corrected chi connectivity index (χ0v) is 25.4. The quantitative estimate of drug-likeness (QED) is 0.364. The lowest BCUT2D eigenvalue weighted by Gasteiger charge is -2.35. The van der Waals surface area contributed by atoms with Gasteiger partial charge in [-0.1, -0.05) is 51.3 Å². The molecule has 3 amide bonds. The molecular weight excluding hydrogens is 534 g/mol. The summed E-state index contributed by atoms with van der Waals surface area (Å²) in [5.41, 5.74) is 2.77. The number of thiazole rings is 1. The van der Waals surface area contributed by atoms with E-state index in [2.05, 4.69) is 10.3 Å². The van der Waals surface area contributed by atoms with Crippen molar-refractivity contribution in [3.63, 3.8) is 0 Å². The fourth-order valence-electron chi connectivity index (χ4n) is 6.09. The van der Waals surface area contributed by atoms with E-state index in [9.17, 15) is 14.4 Å². The molecule has 8 nitrogen and oxygen atoms in total. The average molecular weight is 576 g/mol. The van der Waals surface area contributed by atoms with Crippen LogP contribution in [0.15, 0.2) is 35.7 Å². The van der Waals surface area contributed by atoms with E-state index in [1.807, 2.05) is 54.5 Å². The first kappa shape index (κ1) is 29.2. The fourth-order valence-corrected chi connectivity index (χ4v) is 7.05. The maximum Gasteiger partial charge on any atom is 0.271 e. The highest BCUT2D eigenvalue weighted by Crippen LogP contribution is 2.39. The van der Waals surface area contributed by atoms with Gasteiger partial charge in [0.2, 0.25) is 11.8 Å². The standard InChI is InChI=1S/C32H41N5O3S/c1-5-20(2)29(38)35-28(21-12-7-6-8-13-21)32(40)37-17-11-16-27(37)30-34-26(19-41-30)23-18-25(31(39)36(3)4)33-24-15-10-9-14-22(23)24/h9-10,14-15,18-21,27-28H,5-8,11-13,16-17H2,1-4H3,(H,35,38)/t20-,27+,28+/m1/s1. The average Bonchev–Trinajstić information content (AvgIpc) is 3.68. The van der Waals surface area contributed by atoms with Crippen molar-refractivity contribution in [2.24, 2.45) is 11.8 Å². The molecule has 0 bridgehead atoms. The second-order valence-electron chi connectivity index (χ2n) is 11.7. The molecule has 218 valence electrons. The largest absolute Gasteiger partial charge is 0.344 e. The van der Waals surface area contributed by atoms with Crippen molar-refractivity contribution in [2.75, 3.05) is 20.6 Å². The number of aromatic nitrogens is 2. The highest BCUT2D eigenvalue weighted by Gasteiger charge is 2.40. The third kappa shape index (κ3) is 6.15. The number of nitrogens with zero attached hydrogens (tertiary/aromatic N) is 4. The third-order valence-corrected chi connectivity index (χ3v) is 9.65. The molecule has 0 spiro atoms. The minimum absolute atomic E-state index is 0.0287. The van der Waals surface area contributed by atoms with Gasteiger partial charge in [-0.05, 0) is 50.2 Å². The summed E-state index contributed by atoms with van der Waals surface area (Å²) in [4.78, 5) is 53.1. The lowest BCUT2D eigenvalue weighted by molar-refractivity contribution is -0.140. The topological polar surface area (TPSA) is 95.5 Å². The first-order valence-electron chi connectivity index (χ1n) is 15.0. The van der Waals surface area contributed by atoms with E-state index in [0.29, 0.717) is 12.2 Å². The second-order valence-corrected chi connectivity index (χ2v) is 12.6. The van der Waals surface area contributed by atoms with Crippen LogP contribution < -0.4 is 5.32 Å². The summed E-state index contributed by atoms with van der Waals surface area (Å²) in [6.07, 6.45) is 7.84. The van der Waals surface area contributed by atoms with Crippen LogP contribution in [-0.2, 0) is 9.59 Å². The first-order chi connectivity index (χ1) is 19.8. The van der Waals surface area contributed by atoms with Gasteiger partial charge < -0.3 is 15.1 Å². The van der Waals surface area contributed by atoms with Crippen LogP contribution in [-0.4, -0.2) is 64.2 Å². The van der Waals surface area contributed by atoms with Gasteiger partial charge in [0.05, 0.1) is 17.3 Å². The van der Waals surface area contributed by atoms with Crippen LogP contribution in [0.1, 0.15) is 86.8 Å². The fraction of sp³-hybridized carbons (Fsp3) is 0.531. The van der Waals surface area contributed by atoms with E-state index in [-0.39, 0.29) is 35.6 Å². The molecule has 1 saturated heterocycles. The van der Waals surface area contributed by atoms with Gasteiger partial charge in [-0.3, -0.25) is 14.4 Å². The van der Waals surface area contributed by atoms with E-state index in [1.165, 1.54) is 11.3 Å². The monoisotopic (exact) mass is 575 g/mol. The summed E-state index contributed by atoms with van der Waals surface area (Å²) in [5, 5.41) is 7.02. The zero-order chi connectivity index (χ0) is 29.1. The van der Waals surface area contributed by atoms with Gasteiger partial charge in [0.25, 0.3) is 5.91 Å². The predicted molar refractivity (Wildman–Crippen MR) is 163 cm³/mol. The van der Waals surface area contributed by atoms with Crippen molar-refractivity contribution in [2.45, 2.75) is 77.3 Å². The maximum absolute atomic E-state index is 14.1. The van der Waals surface area contributed by atoms with Gasteiger partial charge in [-0.2, -0.15) is 0 Å². The molecule has 1 aliphatic heterocycles. The van der Waals surface area contributed by atoms with Gasteiger partial charge >= 0.3 is 0 Å². The summed E-state index contributed by atoms with van der Waals surface area (Å²) >= 11 is 1.55. The number of pyridine rings is 1. The summed E-state index contributed by atoms with van der Waals surface area (Å²) in [6, 6.07) is 9.01. The highest BCUT2D eigenvalue weighted by molar-refractivity contribution is 7.10. The van der Waals surface area contributed by atoms with Crippen LogP contribution in [0.2, 0.25) is 0 Å². The normalized spacial score (nSPS) is 19.2.